The van der Waals surface area contributed by atoms with Crippen molar-refractivity contribution in [2.24, 2.45) is 5.73 Å². The van der Waals surface area contributed by atoms with Gasteiger partial charge in [-0.25, -0.2) is 0 Å². The normalized spacial score (nSPS) is 12.7. The molecule has 12 heavy (non-hydrogen) atoms. The van der Waals surface area contributed by atoms with Crippen molar-refractivity contribution in [1.29, 1.82) is 0 Å². The molecule has 6 N–H and O–H groups in total. The lowest BCUT2D eigenvalue weighted by molar-refractivity contribution is -0.139. The molecule has 0 spiro atoms. The zero-order valence-electron chi connectivity index (χ0n) is 5.78. The number of hydrogen-bond acceptors (Lipinski definition) is 5. The first-order chi connectivity index (χ1) is 5.18. The van der Waals surface area contributed by atoms with Gasteiger partial charge in [0.1, 0.15) is 6.04 Å². The van der Waals surface area contributed by atoms with Gasteiger partial charge in [-0.15, -0.1) is 0 Å². The van der Waals surface area contributed by atoms with Crippen LogP contribution in [-0.2, 0) is 15.2 Å². The lowest BCUT2D eigenvalue weighted by atomic mass is 10.3. The third-order valence-corrected chi connectivity index (χ3v) is 0.514. The fourth-order valence-electron chi connectivity index (χ4n) is 0.0781. The highest BCUT2D eigenvalue weighted by molar-refractivity contribution is 7.79. The molecule has 0 aliphatic carbocycles. The van der Waals surface area contributed by atoms with Crippen LogP contribution in [0.25, 0.3) is 0 Å². The van der Waals surface area contributed by atoms with Crippen molar-refractivity contribution in [2.75, 3.05) is 6.61 Å². The smallest absolute Gasteiger partial charge is 0.394 e. The van der Waals surface area contributed by atoms with Crippen LogP contribution in [0.2, 0.25) is 0 Å². The van der Waals surface area contributed by atoms with E-state index in [2.05, 4.69) is 0 Å². The van der Waals surface area contributed by atoms with Crippen molar-refractivity contribution in [3.8, 4) is 0 Å². The monoisotopic (exact) mass is 203 g/mol. The second-order valence-electron chi connectivity index (χ2n) is 1.58. The second kappa shape index (κ2) is 5.85. The molecule has 0 aromatic rings. The van der Waals surface area contributed by atoms with E-state index >= 15 is 0 Å². The van der Waals surface area contributed by atoms with Gasteiger partial charge in [-0.3, -0.25) is 13.9 Å². The summed E-state index contributed by atoms with van der Waals surface area (Å²) in [4.78, 5) is 9.65. The summed E-state index contributed by atoms with van der Waals surface area (Å²) in [6.07, 6.45) is 0. The van der Waals surface area contributed by atoms with Gasteiger partial charge < -0.3 is 15.9 Å². The molecule has 0 saturated heterocycles. The molecule has 9 heteroatoms. The minimum atomic E-state index is -4.67. The predicted octanol–water partition coefficient (Wildman–Crippen LogP) is -2.26. The molecule has 0 saturated carbocycles. The molecular weight excluding hydrogens is 194 g/mol. The summed E-state index contributed by atoms with van der Waals surface area (Å²) in [7, 11) is -4.67. The van der Waals surface area contributed by atoms with Crippen molar-refractivity contribution >= 4 is 16.4 Å². The molecule has 0 amide bonds. The van der Waals surface area contributed by atoms with Crippen molar-refractivity contribution in [3.05, 3.63) is 0 Å². The summed E-state index contributed by atoms with van der Waals surface area (Å²) in [5, 5.41) is 15.9. The van der Waals surface area contributed by atoms with Crippen molar-refractivity contribution in [3.63, 3.8) is 0 Å². The number of aliphatic hydroxyl groups is 1. The van der Waals surface area contributed by atoms with Gasteiger partial charge in [0.2, 0.25) is 0 Å². The Morgan fingerprint density at radius 2 is 1.67 bits per heavy atom. The van der Waals surface area contributed by atoms with Crippen LogP contribution in [-0.4, -0.2) is 46.4 Å². The highest BCUT2D eigenvalue weighted by atomic mass is 32.3. The van der Waals surface area contributed by atoms with Gasteiger partial charge in [0.05, 0.1) is 6.61 Å². The quantitative estimate of drug-likeness (QED) is 0.314. The first-order valence-corrected chi connectivity index (χ1v) is 3.87. The number of rotatable bonds is 2. The van der Waals surface area contributed by atoms with Crippen molar-refractivity contribution in [1.82, 2.24) is 0 Å². The maximum Gasteiger partial charge on any atom is 0.394 e. The van der Waals surface area contributed by atoms with E-state index in [4.69, 9.17) is 33.5 Å². The Labute approximate surface area is 68.2 Å². The van der Waals surface area contributed by atoms with Gasteiger partial charge in [0.25, 0.3) is 0 Å². The molecule has 0 heterocycles. The Kier molecular flexibility index (Phi) is 6.74. The minimum absolute atomic E-state index is 0.505. The van der Waals surface area contributed by atoms with E-state index in [0.717, 1.165) is 0 Å². The Bertz CT molecular complexity index is 213. The molecule has 0 fully saturated rings. The molecule has 0 bridgehead atoms. The van der Waals surface area contributed by atoms with Crippen LogP contribution < -0.4 is 5.73 Å². The van der Waals surface area contributed by atoms with E-state index in [0.29, 0.717) is 0 Å². The zero-order chi connectivity index (χ0) is 10.4. The molecular formula is C3H9NO7S. The Morgan fingerprint density at radius 1 is 1.42 bits per heavy atom. The average molecular weight is 203 g/mol. The summed E-state index contributed by atoms with van der Waals surface area (Å²) in [5.74, 6) is -1.18. The summed E-state index contributed by atoms with van der Waals surface area (Å²) >= 11 is 0. The number of aliphatic hydroxyl groups excluding tert-OH is 1. The fourth-order valence-corrected chi connectivity index (χ4v) is 0.0781. The summed E-state index contributed by atoms with van der Waals surface area (Å²) in [6, 6.07) is -1.13. The van der Waals surface area contributed by atoms with Crippen LogP contribution in [0.1, 0.15) is 0 Å². The predicted molar refractivity (Wildman–Crippen MR) is 36.9 cm³/mol. The van der Waals surface area contributed by atoms with Gasteiger partial charge in [-0.05, 0) is 0 Å². The lowest BCUT2D eigenvalue weighted by Gasteiger charge is -1.96. The largest absolute Gasteiger partial charge is 0.480 e. The molecule has 1 unspecified atom stereocenters. The molecule has 0 rings (SSSR count). The van der Waals surface area contributed by atoms with Gasteiger partial charge in [0, 0.05) is 0 Å². The number of carbonyl (C=O) groups is 1. The minimum Gasteiger partial charge on any atom is -0.480 e. The van der Waals surface area contributed by atoms with E-state index in [1.54, 1.807) is 0 Å². The van der Waals surface area contributed by atoms with Crippen LogP contribution in [0.4, 0.5) is 0 Å². The maximum atomic E-state index is 9.65. The van der Waals surface area contributed by atoms with Gasteiger partial charge in [-0.2, -0.15) is 8.42 Å². The Morgan fingerprint density at radius 3 is 1.67 bits per heavy atom. The van der Waals surface area contributed by atoms with Gasteiger partial charge >= 0.3 is 16.4 Å². The molecule has 8 nitrogen and oxygen atoms in total. The van der Waals surface area contributed by atoms with Gasteiger partial charge in [0.15, 0.2) is 0 Å². The second-order valence-corrected chi connectivity index (χ2v) is 2.47. The first kappa shape index (κ1) is 13.8. The van der Waals surface area contributed by atoms with Crippen LogP contribution in [0.15, 0.2) is 0 Å². The van der Waals surface area contributed by atoms with Crippen molar-refractivity contribution in [2.45, 2.75) is 6.04 Å². The molecule has 74 valence electrons. The van der Waals surface area contributed by atoms with E-state index in [9.17, 15) is 4.79 Å². The molecule has 1 atom stereocenters. The molecule has 0 aliphatic rings. The first-order valence-electron chi connectivity index (χ1n) is 2.47. The number of aliphatic carboxylic acids is 1. The van der Waals surface area contributed by atoms with E-state index < -0.39 is 29.0 Å². The van der Waals surface area contributed by atoms with Crippen molar-refractivity contribution < 1.29 is 32.5 Å². The Balaban J connectivity index is 0. The molecule has 0 aromatic carbocycles. The summed E-state index contributed by atoms with van der Waals surface area (Å²) in [5.41, 5.74) is 4.77. The average Bonchev–Trinajstić information content (AvgIpc) is 1.82. The summed E-state index contributed by atoms with van der Waals surface area (Å²) < 4.78 is 31.6. The fraction of sp³-hybridized carbons (Fsp3) is 0.667. The topological polar surface area (TPSA) is 158 Å². The summed E-state index contributed by atoms with van der Waals surface area (Å²) in [6.45, 7) is -0.505. The number of nitrogens with two attached hydrogens (primary N) is 1. The highest BCUT2D eigenvalue weighted by Crippen LogP contribution is 1.71. The Hall–Kier alpha value is -0.740. The van der Waals surface area contributed by atoms with Crippen LogP contribution in [0.5, 0.6) is 0 Å². The molecule has 0 aromatic heterocycles. The lowest BCUT2D eigenvalue weighted by Crippen LogP contribution is -2.33. The van der Waals surface area contributed by atoms with Gasteiger partial charge in [-0.1, -0.05) is 0 Å². The number of carboxylic acid groups (broad SMARTS) is 1. The number of hydrogen-bond donors (Lipinski definition) is 5. The van der Waals surface area contributed by atoms with Crippen LogP contribution >= 0.6 is 0 Å². The third-order valence-electron chi connectivity index (χ3n) is 0.514. The van der Waals surface area contributed by atoms with Crippen LogP contribution in [0, 0.1) is 0 Å². The standard InChI is InChI=1S/C3H7NO3.H2O4S/c4-2(1-5)3(6)7;1-5(2,3)4/h2,5H,1,4H2,(H,6,7);(H2,1,2,3,4). The third kappa shape index (κ3) is 22.8. The van der Waals surface area contributed by atoms with E-state index in [-0.39, 0.29) is 0 Å². The molecule has 0 radical (unpaired) electrons. The van der Waals surface area contributed by atoms with E-state index in [1.165, 1.54) is 0 Å². The number of carboxylic acids is 1. The maximum absolute atomic E-state index is 9.65. The zero-order valence-corrected chi connectivity index (χ0v) is 6.60. The SMILES string of the molecule is NC(CO)C(=O)O.O=S(=O)(O)O. The van der Waals surface area contributed by atoms with Crippen LogP contribution in [0.3, 0.4) is 0 Å². The molecule has 0 aliphatic heterocycles. The highest BCUT2D eigenvalue weighted by Gasteiger charge is 2.06. The van der Waals surface area contributed by atoms with E-state index in [1.807, 2.05) is 0 Å².